The van der Waals surface area contributed by atoms with Gasteiger partial charge in [0.2, 0.25) is 5.76 Å². The normalized spacial score (nSPS) is 9.75. The number of hydrogen-bond acceptors (Lipinski definition) is 4. The second-order valence-corrected chi connectivity index (χ2v) is 4.30. The lowest BCUT2D eigenvalue weighted by Gasteiger charge is -2.07. The van der Waals surface area contributed by atoms with Crippen molar-refractivity contribution in [1.29, 1.82) is 0 Å². The van der Waals surface area contributed by atoms with Crippen molar-refractivity contribution < 1.29 is 14.4 Å². The third-order valence-electron chi connectivity index (χ3n) is 2.58. The van der Waals surface area contributed by atoms with E-state index in [0.29, 0.717) is 16.9 Å². The molecular weight excluding hydrogens is 256 g/mol. The Morgan fingerprint density at radius 3 is 2.85 bits per heavy atom. The molecule has 1 heterocycles. The van der Waals surface area contributed by atoms with Crippen LogP contribution in [0.4, 0.5) is 5.69 Å². The van der Waals surface area contributed by atoms with Gasteiger partial charge in [0.1, 0.15) is 6.61 Å². The highest BCUT2D eigenvalue weighted by Crippen LogP contribution is 2.18. The summed E-state index contributed by atoms with van der Waals surface area (Å²) < 4.78 is 4.91. The molecule has 1 amide bonds. The predicted molar refractivity (Wildman–Crippen MR) is 74.3 cm³/mol. The second-order valence-electron chi connectivity index (χ2n) is 4.30. The number of aryl methyl sites for hydroxylation is 2. The molecule has 1 aromatic carbocycles. The van der Waals surface area contributed by atoms with E-state index in [9.17, 15) is 4.79 Å². The number of benzene rings is 1. The van der Waals surface area contributed by atoms with Crippen LogP contribution in [0.15, 0.2) is 28.8 Å². The Hall–Kier alpha value is -2.58. The van der Waals surface area contributed by atoms with Crippen molar-refractivity contribution in [2.75, 3.05) is 11.9 Å². The molecule has 0 saturated carbocycles. The van der Waals surface area contributed by atoms with Gasteiger partial charge in [-0.3, -0.25) is 4.79 Å². The Kier molecular flexibility index (Phi) is 4.18. The SMILES string of the molecule is Cc1ccc(C#CCO)c(NC(=O)c2cc(C)no2)c1. The standard InChI is InChI=1S/C15H14N2O3/c1-10-5-6-12(4-3-7-18)13(8-10)16-15(19)14-9-11(2)17-20-14/h5-6,8-9,18H,7H2,1-2H3,(H,16,19). The van der Waals surface area contributed by atoms with E-state index in [4.69, 9.17) is 9.63 Å². The van der Waals surface area contributed by atoms with Crippen LogP contribution in [-0.4, -0.2) is 22.8 Å². The van der Waals surface area contributed by atoms with Gasteiger partial charge in [0.25, 0.3) is 5.91 Å². The lowest BCUT2D eigenvalue weighted by Crippen LogP contribution is -2.12. The maximum atomic E-state index is 12.0. The number of carbonyl (C=O) groups excluding carboxylic acids is 1. The number of nitrogens with zero attached hydrogens (tertiary/aromatic N) is 1. The van der Waals surface area contributed by atoms with E-state index < -0.39 is 0 Å². The van der Waals surface area contributed by atoms with Crippen LogP contribution in [0.3, 0.4) is 0 Å². The van der Waals surface area contributed by atoms with E-state index in [2.05, 4.69) is 22.3 Å². The van der Waals surface area contributed by atoms with Gasteiger partial charge in [-0.25, -0.2) is 0 Å². The zero-order chi connectivity index (χ0) is 14.5. The monoisotopic (exact) mass is 270 g/mol. The van der Waals surface area contributed by atoms with E-state index in [1.807, 2.05) is 19.1 Å². The molecule has 0 aliphatic carbocycles. The zero-order valence-corrected chi connectivity index (χ0v) is 11.2. The van der Waals surface area contributed by atoms with Crippen molar-refractivity contribution in [1.82, 2.24) is 5.16 Å². The maximum absolute atomic E-state index is 12.0. The van der Waals surface area contributed by atoms with Gasteiger partial charge < -0.3 is 14.9 Å². The summed E-state index contributed by atoms with van der Waals surface area (Å²) in [6.45, 7) is 3.42. The number of aliphatic hydroxyl groups excluding tert-OH is 1. The summed E-state index contributed by atoms with van der Waals surface area (Å²) >= 11 is 0. The molecule has 2 N–H and O–H groups in total. The molecule has 1 aromatic heterocycles. The molecule has 2 aromatic rings. The molecule has 0 bridgehead atoms. The molecule has 0 fully saturated rings. The number of nitrogens with one attached hydrogen (secondary N) is 1. The van der Waals surface area contributed by atoms with Gasteiger partial charge in [0.15, 0.2) is 0 Å². The number of aromatic nitrogens is 1. The molecule has 0 aliphatic heterocycles. The van der Waals surface area contributed by atoms with Gasteiger partial charge in [0, 0.05) is 11.6 Å². The lowest BCUT2D eigenvalue weighted by atomic mass is 10.1. The Balaban J connectivity index is 2.28. The predicted octanol–water partition coefficient (Wildman–Crippen LogP) is 1.89. The highest BCUT2D eigenvalue weighted by molar-refractivity contribution is 6.03. The van der Waals surface area contributed by atoms with Crippen LogP contribution in [-0.2, 0) is 0 Å². The summed E-state index contributed by atoms with van der Waals surface area (Å²) in [4.78, 5) is 12.0. The molecule has 20 heavy (non-hydrogen) atoms. The van der Waals surface area contributed by atoms with Gasteiger partial charge in [-0.15, -0.1) is 0 Å². The summed E-state index contributed by atoms with van der Waals surface area (Å²) in [5.74, 6) is 5.11. The van der Waals surface area contributed by atoms with E-state index >= 15 is 0 Å². The van der Waals surface area contributed by atoms with Gasteiger partial charge in [-0.05, 0) is 31.5 Å². The number of anilines is 1. The molecule has 5 heteroatoms. The maximum Gasteiger partial charge on any atom is 0.294 e. The lowest BCUT2D eigenvalue weighted by molar-refractivity contribution is 0.0988. The van der Waals surface area contributed by atoms with Crippen molar-refractivity contribution >= 4 is 11.6 Å². The van der Waals surface area contributed by atoms with Crippen LogP contribution in [0.1, 0.15) is 27.4 Å². The fourth-order valence-corrected chi connectivity index (χ4v) is 1.66. The molecule has 0 radical (unpaired) electrons. The summed E-state index contributed by atoms with van der Waals surface area (Å²) in [7, 11) is 0. The van der Waals surface area contributed by atoms with Crippen LogP contribution in [0.5, 0.6) is 0 Å². The molecule has 0 aliphatic rings. The van der Waals surface area contributed by atoms with E-state index in [1.54, 1.807) is 19.1 Å². The molecule has 0 atom stereocenters. The van der Waals surface area contributed by atoms with E-state index in [-0.39, 0.29) is 18.3 Å². The van der Waals surface area contributed by atoms with Crippen molar-refractivity contribution in [2.45, 2.75) is 13.8 Å². The van der Waals surface area contributed by atoms with Crippen LogP contribution in [0, 0.1) is 25.7 Å². The minimum Gasteiger partial charge on any atom is -0.384 e. The van der Waals surface area contributed by atoms with Crippen LogP contribution in [0.2, 0.25) is 0 Å². The van der Waals surface area contributed by atoms with Crippen molar-refractivity contribution in [3.8, 4) is 11.8 Å². The molecule has 5 nitrogen and oxygen atoms in total. The van der Waals surface area contributed by atoms with Gasteiger partial charge in [0.05, 0.1) is 11.4 Å². The molecule has 0 saturated heterocycles. The Labute approximate surface area is 116 Å². The fraction of sp³-hybridized carbons (Fsp3) is 0.200. The smallest absolute Gasteiger partial charge is 0.294 e. The fourth-order valence-electron chi connectivity index (χ4n) is 1.66. The zero-order valence-electron chi connectivity index (χ0n) is 11.2. The molecule has 2 rings (SSSR count). The van der Waals surface area contributed by atoms with Crippen LogP contribution < -0.4 is 5.32 Å². The highest BCUT2D eigenvalue weighted by atomic mass is 16.5. The first-order valence-corrected chi connectivity index (χ1v) is 6.05. The van der Waals surface area contributed by atoms with Crippen LogP contribution >= 0.6 is 0 Å². The number of aliphatic hydroxyl groups is 1. The number of amides is 1. The Bertz CT molecular complexity index is 693. The summed E-state index contributed by atoms with van der Waals surface area (Å²) in [5.41, 5.74) is 2.84. The van der Waals surface area contributed by atoms with Crippen molar-refractivity contribution in [3.05, 3.63) is 46.8 Å². The molecule has 102 valence electrons. The van der Waals surface area contributed by atoms with Gasteiger partial charge in [-0.2, -0.15) is 0 Å². The third kappa shape index (κ3) is 3.25. The van der Waals surface area contributed by atoms with Crippen molar-refractivity contribution in [2.24, 2.45) is 0 Å². The van der Waals surface area contributed by atoms with E-state index in [1.165, 1.54) is 0 Å². The van der Waals surface area contributed by atoms with E-state index in [0.717, 1.165) is 5.56 Å². The van der Waals surface area contributed by atoms with Crippen molar-refractivity contribution in [3.63, 3.8) is 0 Å². The molecule has 0 spiro atoms. The summed E-state index contributed by atoms with van der Waals surface area (Å²) in [5, 5.41) is 15.2. The quantitative estimate of drug-likeness (QED) is 0.817. The Morgan fingerprint density at radius 2 is 2.20 bits per heavy atom. The first-order valence-electron chi connectivity index (χ1n) is 6.05. The minimum absolute atomic E-state index is 0.144. The number of carbonyl (C=O) groups is 1. The third-order valence-corrected chi connectivity index (χ3v) is 2.58. The van der Waals surface area contributed by atoms with Gasteiger partial charge >= 0.3 is 0 Å². The Morgan fingerprint density at radius 1 is 1.40 bits per heavy atom. The molecule has 0 unspecified atom stereocenters. The topological polar surface area (TPSA) is 75.4 Å². The van der Waals surface area contributed by atoms with Gasteiger partial charge in [-0.1, -0.05) is 23.1 Å². The average molecular weight is 270 g/mol. The largest absolute Gasteiger partial charge is 0.384 e. The summed E-state index contributed by atoms with van der Waals surface area (Å²) in [6.07, 6.45) is 0. The second kappa shape index (κ2) is 6.04. The molecular formula is C15H14N2O3. The summed E-state index contributed by atoms with van der Waals surface area (Å²) in [6, 6.07) is 7.04. The average Bonchev–Trinajstić information content (AvgIpc) is 2.85. The first-order chi connectivity index (χ1) is 9.60. The number of rotatable bonds is 2. The highest BCUT2D eigenvalue weighted by Gasteiger charge is 2.13. The van der Waals surface area contributed by atoms with Crippen LogP contribution in [0.25, 0.3) is 0 Å². The number of hydrogen-bond donors (Lipinski definition) is 2. The first kappa shape index (κ1) is 13.8. The minimum atomic E-state index is -0.386.